The van der Waals surface area contributed by atoms with E-state index in [-0.39, 0.29) is 11.9 Å². The van der Waals surface area contributed by atoms with Crippen LogP contribution in [0.4, 0.5) is 5.69 Å². The fourth-order valence-electron chi connectivity index (χ4n) is 3.34. The van der Waals surface area contributed by atoms with Gasteiger partial charge >= 0.3 is 0 Å². The zero-order chi connectivity index (χ0) is 20.4. The van der Waals surface area contributed by atoms with Crippen LogP contribution in [0.3, 0.4) is 0 Å². The number of nitrogens with one attached hydrogen (secondary N) is 3. The number of carbonyl (C=O) groups is 1. The number of aryl methyl sites for hydroxylation is 2. The Morgan fingerprint density at radius 2 is 1.71 bits per heavy atom. The normalized spacial score (nSPS) is 16.6. The van der Waals surface area contributed by atoms with Crippen molar-refractivity contribution in [2.45, 2.75) is 46.6 Å². The van der Waals surface area contributed by atoms with Gasteiger partial charge in [-0.15, -0.1) is 0 Å². The van der Waals surface area contributed by atoms with Gasteiger partial charge in [0.15, 0.2) is 5.11 Å². The molecule has 4 nitrogen and oxygen atoms in total. The standard InChI is InChI=1S/C23H27N3OS/c1-13(2)17-7-9-18(10-8-17)21-20(16(5)24-23(28)26-21)22(27)25-19-11-6-14(3)15(4)12-19/h6-13,21H,1-5H3,(H,25,27)(H2,24,26,28). The maximum absolute atomic E-state index is 13.1. The molecule has 0 radical (unpaired) electrons. The minimum absolute atomic E-state index is 0.138. The lowest BCUT2D eigenvalue weighted by molar-refractivity contribution is -0.113. The van der Waals surface area contributed by atoms with E-state index in [1.165, 1.54) is 11.1 Å². The predicted molar refractivity (Wildman–Crippen MR) is 119 cm³/mol. The van der Waals surface area contributed by atoms with Crippen LogP contribution >= 0.6 is 12.2 Å². The SMILES string of the molecule is CC1=C(C(=O)Nc2ccc(C)c(C)c2)C(c2ccc(C(C)C)cc2)NC(=S)N1. The van der Waals surface area contributed by atoms with Crippen molar-refractivity contribution in [2.75, 3.05) is 5.32 Å². The highest BCUT2D eigenvalue weighted by molar-refractivity contribution is 7.80. The highest BCUT2D eigenvalue weighted by Gasteiger charge is 2.30. The third-order valence-corrected chi connectivity index (χ3v) is 5.43. The Bertz CT molecular complexity index is 945. The van der Waals surface area contributed by atoms with Gasteiger partial charge in [0.2, 0.25) is 0 Å². The molecule has 0 bridgehead atoms. The van der Waals surface area contributed by atoms with Crippen LogP contribution in [0.1, 0.15) is 55.0 Å². The molecule has 1 amide bonds. The second-order valence-corrected chi connectivity index (χ2v) is 8.05. The summed E-state index contributed by atoms with van der Waals surface area (Å²) in [6, 6.07) is 14.0. The minimum atomic E-state index is -0.290. The van der Waals surface area contributed by atoms with Gasteiger partial charge in [-0.2, -0.15) is 0 Å². The lowest BCUT2D eigenvalue weighted by Crippen LogP contribution is -2.45. The van der Waals surface area contributed by atoms with Crippen LogP contribution in [0.2, 0.25) is 0 Å². The number of carbonyl (C=O) groups excluding carboxylic acids is 1. The Kier molecular flexibility index (Phi) is 5.84. The third kappa shape index (κ3) is 4.25. The van der Waals surface area contributed by atoms with E-state index in [9.17, 15) is 4.79 Å². The number of benzene rings is 2. The van der Waals surface area contributed by atoms with E-state index in [1.54, 1.807) is 0 Å². The van der Waals surface area contributed by atoms with Crippen molar-refractivity contribution < 1.29 is 4.79 Å². The highest BCUT2D eigenvalue weighted by atomic mass is 32.1. The molecular weight excluding hydrogens is 366 g/mol. The summed E-state index contributed by atoms with van der Waals surface area (Å²) < 4.78 is 0. The maximum atomic E-state index is 13.1. The van der Waals surface area contributed by atoms with Crippen molar-refractivity contribution in [2.24, 2.45) is 0 Å². The molecule has 0 saturated carbocycles. The molecule has 1 unspecified atom stereocenters. The summed E-state index contributed by atoms with van der Waals surface area (Å²) in [5.74, 6) is 0.321. The summed E-state index contributed by atoms with van der Waals surface area (Å²) in [5, 5.41) is 9.90. The van der Waals surface area contributed by atoms with Crippen LogP contribution in [0, 0.1) is 13.8 Å². The van der Waals surface area contributed by atoms with Gasteiger partial charge in [-0.1, -0.05) is 44.2 Å². The molecule has 0 fully saturated rings. The van der Waals surface area contributed by atoms with Crippen LogP contribution in [-0.2, 0) is 4.79 Å². The second kappa shape index (κ2) is 8.15. The van der Waals surface area contributed by atoms with Crippen LogP contribution in [0.5, 0.6) is 0 Å². The molecule has 3 N–H and O–H groups in total. The molecule has 1 atom stereocenters. The molecule has 5 heteroatoms. The summed E-state index contributed by atoms with van der Waals surface area (Å²) in [6.45, 7) is 10.3. The quantitative estimate of drug-likeness (QED) is 0.650. The summed E-state index contributed by atoms with van der Waals surface area (Å²) in [7, 11) is 0. The Labute approximate surface area is 172 Å². The lowest BCUT2D eigenvalue weighted by atomic mass is 9.92. The molecule has 2 aromatic rings. The van der Waals surface area contributed by atoms with Gasteiger partial charge in [-0.3, -0.25) is 4.79 Å². The van der Waals surface area contributed by atoms with Gasteiger partial charge in [-0.25, -0.2) is 0 Å². The van der Waals surface area contributed by atoms with Gasteiger partial charge in [-0.05, 0) is 73.3 Å². The molecule has 0 saturated heterocycles. The van der Waals surface area contributed by atoms with Crippen molar-refractivity contribution in [3.05, 3.63) is 76.0 Å². The van der Waals surface area contributed by atoms with E-state index in [1.807, 2.05) is 32.0 Å². The predicted octanol–water partition coefficient (Wildman–Crippen LogP) is 4.86. The van der Waals surface area contributed by atoms with E-state index in [2.05, 4.69) is 61.0 Å². The topological polar surface area (TPSA) is 53.2 Å². The van der Waals surface area contributed by atoms with Gasteiger partial charge in [0.25, 0.3) is 5.91 Å². The van der Waals surface area contributed by atoms with Crippen molar-refractivity contribution in [1.82, 2.24) is 10.6 Å². The fourth-order valence-corrected chi connectivity index (χ4v) is 3.61. The molecule has 1 aliphatic rings. The van der Waals surface area contributed by atoms with E-state index in [4.69, 9.17) is 12.2 Å². The zero-order valence-corrected chi connectivity index (χ0v) is 17.8. The van der Waals surface area contributed by atoms with Crippen molar-refractivity contribution in [3.8, 4) is 0 Å². The third-order valence-electron chi connectivity index (χ3n) is 5.22. The van der Waals surface area contributed by atoms with E-state index >= 15 is 0 Å². The van der Waals surface area contributed by atoms with Crippen LogP contribution in [0.15, 0.2) is 53.7 Å². The molecular formula is C23H27N3OS. The van der Waals surface area contributed by atoms with Crippen LogP contribution in [0.25, 0.3) is 0 Å². The van der Waals surface area contributed by atoms with Crippen molar-refractivity contribution >= 4 is 28.9 Å². The first kappa shape index (κ1) is 20.1. The average molecular weight is 394 g/mol. The average Bonchev–Trinajstić information content (AvgIpc) is 2.64. The largest absolute Gasteiger partial charge is 0.351 e. The number of hydrogen-bond acceptors (Lipinski definition) is 2. The molecule has 0 aliphatic carbocycles. The fraction of sp³-hybridized carbons (Fsp3) is 0.304. The molecule has 1 aliphatic heterocycles. The summed E-state index contributed by atoms with van der Waals surface area (Å²) in [6.07, 6.45) is 0. The first-order valence-electron chi connectivity index (χ1n) is 9.53. The van der Waals surface area contributed by atoms with Crippen LogP contribution in [-0.4, -0.2) is 11.0 Å². The Morgan fingerprint density at radius 1 is 1.04 bits per heavy atom. The Morgan fingerprint density at radius 3 is 2.32 bits per heavy atom. The number of amides is 1. The number of allylic oxidation sites excluding steroid dienone is 1. The molecule has 146 valence electrons. The number of anilines is 1. The number of hydrogen-bond donors (Lipinski definition) is 3. The first-order chi connectivity index (χ1) is 13.3. The highest BCUT2D eigenvalue weighted by Crippen LogP contribution is 2.29. The van der Waals surface area contributed by atoms with E-state index in [0.717, 1.165) is 22.5 Å². The Hall–Kier alpha value is -2.66. The summed E-state index contributed by atoms with van der Waals surface area (Å²) in [4.78, 5) is 13.1. The maximum Gasteiger partial charge on any atom is 0.255 e. The molecule has 0 aromatic heterocycles. The van der Waals surface area contributed by atoms with Crippen molar-refractivity contribution in [1.29, 1.82) is 0 Å². The van der Waals surface area contributed by atoms with Crippen molar-refractivity contribution in [3.63, 3.8) is 0 Å². The van der Waals surface area contributed by atoms with Crippen LogP contribution < -0.4 is 16.0 Å². The summed E-state index contributed by atoms with van der Waals surface area (Å²) >= 11 is 5.34. The molecule has 0 spiro atoms. The Balaban J connectivity index is 1.92. The number of thiocarbonyl (C=S) groups is 1. The lowest BCUT2D eigenvalue weighted by Gasteiger charge is -2.30. The van der Waals surface area contributed by atoms with Gasteiger partial charge in [0.1, 0.15) is 0 Å². The molecule has 1 heterocycles. The summed E-state index contributed by atoms with van der Waals surface area (Å²) in [5.41, 5.74) is 6.82. The first-order valence-corrected chi connectivity index (χ1v) is 9.94. The molecule has 3 rings (SSSR count). The van der Waals surface area contributed by atoms with Gasteiger partial charge < -0.3 is 16.0 Å². The van der Waals surface area contributed by atoms with Gasteiger partial charge in [0, 0.05) is 11.4 Å². The van der Waals surface area contributed by atoms with E-state index < -0.39 is 0 Å². The monoisotopic (exact) mass is 393 g/mol. The number of rotatable bonds is 4. The molecule has 2 aromatic carbocycles. The van der Waals surface area contributed by atoms with E-state index in [0.29, 0.717) is 16.6 Å². The molecule has 28 heavy (non-hydrogen) atoms. The van der Waals surface area contributed by atoms with Gasteiger partial charge in [0.05, 0.1) is 11.6 Å². The smallest absolute Gasteiger partial charge is 0.255 e. The second-order valence-electron chi connectivity index (χ2n) is 7.64. The minimum Gasteiger partial charge on any atom is -0.351 e. The zero-order valence-electron chi connectivity index (χ0n) is 17.0.